The van der Waals surface area contributed by atoms with Crippen LogP contribution < -0.4 is 5.32 Å². The molecule has 0 aliphatic heterocycles. The molecule has 3 heterocycles. The van der Waals surface area contributed by atoms with E-state index < -0.39 is 0 Å². The van der Waals surface area contributed by atoms with Crippen LogP contribution in [0.5, 0.6) is 0 Å². The van der Waals surface area contributed by atoms with Gasteiger partial charge in [-0.05, 0) is 25.1 Å². The van der Waals surface area contributed by atoms with Crippen LogP contribution >= 0.6 is 0 Å². The van der Waals surface area contributed by atoms with Gasteiger partial charge < -0.3 is 9.73 Å². The highest BCUT2D eigenvalue weighted by atomic mass is 16.4. The van der Waals surface area contributed by atoms with Gasteiger partial charge in [0.1, 0.15) is 11.6 Å². The van der Waals surface area contributed by atoms with Crippen molar-refractivity contribution >= 4 is 11.7 Å². The Kier molecular flexibility index (Phi) is 5.37. The molecule has 8 nitrogen and oxygen atoms in total. The minimum atomic E-state index is -0.228. The first kappa shape index (κ1) is 20.5. The second-order valence-electron chi connectivity index (χ2n) is 8.24. The molecule has 0 atom stereocenters. The highest BCUT2D eigenvalue weighted by molar-refractivity contribution is 5.91. The maximum atomic E-state index is 12.8. The molecule has 158 valence electrons. The summed E-state index contributed by atoms with van der Waals surface area (Å²) in [6, 6.07) is 13.2. The molecule has 0 spiro atoms. The zero-order valence-electron chi connectivity index (χ0n) is 18.0. The minimum absolute atomic E-state index is 0.0772. The van der Waals surface area contributed by atoms with E-state index in [1.165, 1.54) is 0 Å². The Labute approximate surface area is 180 Å². The number of carbonyl (C=O) groups is 1. The van der Waals surface area contributed by atoms with Crippen molar-refractivity contribution in [2.24, 2.45) is 0 Å². The average molecular weight is 416 g/mol. The van der Waals surface area contributed by atoms with Crippen molar-refractivity contribution < 1.29 is 9.21 Å². The van der Waals surface area contributed by atoms with E-state index in [2.05, 4.69) is 46.1 Å². The third kappa shape index (κ3) is 4.53. The molecule has 0 bridgehead atoms. The van der Waals surface area contributed by atoms with Crippen LogP contribution in [0, 0.1) is 6.92 Å². The number of rotatable bonds is 5. The van der Waals surface area contributed by atoms with Gasteiger partial charge in [0, 0.05) is 29.4 Å². The zero-order chi connectivity index (χ0) is 22.0. The molecule has 31 heavy (non-hydrogen) atoms. The van der Waals surface area contributed by atoms with Crippen LogP contribution in [0.3, 0.4) is 0 Å². The van der Waals surface area contributed by atoms with Crippen molar-refractivity contribution in [2.45, 2.75) is 39.5 Å². The number of nitrogens with one attached hydrogen (secondary N) is 1. The molecular formula is C23H24N6O2. The molecule has 1 aromatic carbocycles. The molecule has 8 heteroatoms. The lowest BCUT2D eigenvalue weighted by atomic mass is 9.92. The number of aromatic nitrogens is 5. The van der Waals surface area contributed by atoms with Gasteiger partial charge in [-0.1, -0.05) is 39.0 Å². The first-order valence-electron chi connectivity index (χ1n) is 10.0. The quantitative estimate of drug-likeness (QED) is 0.526. The van der Waals surface area contributed by atoms with Crippen molar-refractivity contribution in [2.75, 3.05) is 5.32 Å². The van der Waals surface area contributed by atoms with Crippen LogP contribution in [0.2, 0.25) is 0 Å². The predicted molar refractivity (Wildman–Crippen MR) is 117 cm³/mol. The molecule has 0 aliphatic carbocycles. The Balaban J connectivity index is 1.58. The molecule has 0 saturated carbocycles. The van der Waals surface area contributed by atoms with Gasteiger partial charge in [-0.3, -0.25) is 4.79 Å². The maximum absolute atomic E-state index is 12.8. The third-order valence-corrected chi connectivity index (χ3v) is 4.73. The lowest BCUT2D eigenvalue weighted by Crippen LogP contribution is -2.18. The van der Waals surface area contributed by atoms with Crippen LogP contribution in [-0.2, 0) is 16.6 Å². The summed E-state index contributed by atoms with van der Waals surface area (Å²) in [6.07, 6.45) is 3.35. The van der Waals surface area contributed by atoms with Crippen molar-refractivity contribution in [3.63, 3.8) is 0 Å². The van der Waals surface area contributed by atoms with Gasteiger partial charge >= 0.3 is 0 Å². The van der Waals surface area contributed by atoms with Gasteiger partial charge in [0.25, 0.3) is 5.95 Å². The monoisotopic (exact) mass is 416 g/mol. The maximum Gasteiger partial charge on any atom is 0.252 e. The Hall–Kier alpha value is -3.81. The molecule has 0 fully saturated rings. The number of hydrogen-bond donors (Lipinski definition) is 1. The molecule has 0 saturated heterocycles. The standard InChI is InChI=1S/C23H24N6O2/c1-15-17(26-21(31-15)16-9-6-5-7-10-16)13-20(30)27-19-14-18(23(2,3)4)28-29(19)22-24-11-8-12-25-22/h5-12,14H,13H2,1-4H3,(H,27,30). The van der Waals surface area contributed by atoms with Gasteiger partial charge in [0.05, 0.1) is 17.8 Å². The predicted octanol–water partition coefficient (Wildman–Crippen LogP) is 4.10. The van der Waals surface area contributed by atoms with Crippen molar-refractivity contribution in [1.82, 2.24) is 24.7 Å². The van der Waals surface area contributed by atoms with Crippen LogP contribution in [0.1, 0.15) is 37.9 Å². The fourth-order valence-electron chi connectivity index (χ4n) is 3.03. The Morgan fingerprint density at radius 2 is 1.81 bits per heavy atom. The smallest absolute Gasteiger partial charge is 0.252 e. The van der Waals surface area contributed by atoms with E-state index >= 15 is 0 Å². The van der Waals surface area contributed by atoms with Gasteiger partial charge in [0.15, 0.2) is 0 Å². The SMILES string of the molecule is Cc1oc(-c2ccccc2)nc1CC(=O)Nc1cc(C(C)(C)C)nn1-c1ncccn1. The van der Waals surface area contributed by atoms with Gasteiger partial charge in [-0.2, -0.15) is 9.78 Å². The number of aryl methyl sites for hydroxylation is 1. The van der Waals surface area contributed by atoms with E-state index in [9.17, 15) is 4.79 Å². The Bertz CT molecular complexity index is 1190. The summed E-state index contributed by atoms with van der Waals surface area (Å²) in [5, 5.41) is 7.54. The summed E-state index contributed by atoms with van der Waals surface area (Å²) in [5.74, 6) is 1.78. The molecule has 0 radical (unpaired) electrons. The van der Waals surface area contributed by atoms with Crippen LogP contribution in [0.15, 0.2) is 59.3 Å². The number of carbonyl (C=O) groups excluding carboxylic acids is 1. The molecule has 1 amide bonds. The van der Waals surface area contributed by atoms with E-state index in [4.69, 9.17) is 4.42 Å². The number of amides is 1. The van der Waals surface area contributed by atoms with Crippen LogP contribution in [0.25, 0.3) is 17.4 Å². The average Bonchev–Trinajstić information content (AvgIpc) is 3.33. The number of benzene rings is 1. The molecule has 0 unspecified atom stereocenters. The van der Waals surface area contributed by atoms with E-state index in [0.29, 0.717) is 29.1 Å². The second kappa shape index (κ2) is 8.14. The number of nitrogens with zero attached hydrogens (tertiary/aromatic N) is 5. The van der Waals surface area contributed by atoms with E-state index in [1.807, 2.05) is 43.3 Å². The van der Waals surface area contributed by atoms with Crippen molar-refractivity contribution in [3.05, 3.63) is 72.0 Å². The molecule has 4 rings (SSSR count). The molecule has 3 aromatic heterocycles. The normalized spacial score (nSPS) is 11.5. The van der Waals surface area contributed by atoms with Crippen molar-refractivity contribution in [3.8, 4) is 17.4 Å². The Morgan fingerprint density at radius 3 is 2.48 bits per heavy atom. The molecule has 0 aliphatic rings. The Morgan fingerprint density at radius 1 is 1.10 bits per heavy atom. The van der Waals surface area contributed by atoms with Crippen LogP contribution in [-0.4, -0.2) is 30.6 Å². The number of anilines is 1. The minimum Gasteiger partial charge on any atom is -0.441 e. The molecule has 1 N–H and O–H groups in total. The summed E-state index contributed by atoms with van der Waals surface area (Å²) in [6.45, 7) is 7.98. The summed E-state index contributed by atoms with van der Waals surface area (Å²) in [5.41, 5.74) is 2.08. The summed E-state index contributed by atoms with van der Waals surface area (Å²) < 4.78 is 7.31. The van der Waals surface area contributed by atoms with Gasteiger partial charge in [0.2, 0.25) is 11.8 Å². The number of oxazole rings is 1. The topological polar surface area (TPSA) is 98.7 Å². The fourth-order valence-corrected chi connectivity index (χ4v) is 3.03. The molecular weight excluding hydrogens is 392 g/mol. The van der Waals surface area contributed by atoms with E-state index in [0.717, 1.165) is 11.3 Å². The lowest BCUT2D eigenvalue weighted by Gasteiger charge is -2.13. The zero-order valence-corrected chi connectivity index (χ0v) is 18.0. The van der Waals surface area contributed by atoms with E-state index in [1.54, 1.807) is 23.1 Å². The highest BCUT2D eigenvalue weighted by Gasteiger charge is 2.23. The van der Waals surface area contributed by atoms with Crippen molar-refractivity contribution in [1.29, 1.82) is 0 Å². The van der Waals surface area contributed by atoms with Crippen LogP contribution in [0.4, 0.5) is 5.82 Å². The highest BCUT2D eigenvalue weighted by Crippen LogP contribution is 2.26. The summed E-state index contributed by atoms with van der Waals surface area (Å²) in [7, 11) is 0. The first-order chi connectivity index (χ1) is 14.8. The number of hydrogen-bond acceptors (Lipinski definition) is 6. The summed E-state index contributed by atoms with van der Waals surface area (Å²) in [4.78, 5) is 25.9. The second-order valence-corrected chi connectivity index (χ2v) is 8.24. The van der Waals surface area contributed by atoms with Gasteiger partial charge in [-0.25, -0.2) is 15.0 Å². The summed E-state index contributed by atoms with van der Waals surface area (Å²) >= 11 is 0. The third-order valence-electron chi connectivity index (χ3n) is 4.73. The molecule has 4 aromatic rings. The first-order valence-corrected chi connectivity index (χ1v) is 10.0. The fraction of sp³-hybridized carbons (Fsp3) is 0.261. The van der Waals surface area contributed by atoms with E-state index in [-0.39, 0.29) is 17.7 Å². The van der Waals surface area contributed by atoms with Gasteiger partial charge in [-0.15, -0.1) is 0 Å². The lowest BCUT2D eigenvalue weighted by molar-refractivity contribution is -0.115. The largest absolute Gasteiger partial charge is 0.441 e.